The molecule has 0 heterocycles. The van der Waals surface area contributed by atoms with Crippen LogP contribution >= 0.6 is 27.7 Å². The molecule has 2 aromatic rings. The molecule has 0 aliphatic rings. The molecule has 2 rings (SSSR count). The molecule has 0 radical (unpaired) electrons. The van der Waals surface area contributed by atoms with E-state index in [4.69, 9.17) is 0 Å². The van der Waals surface area contributed by atoms with Gasteiger partial charge in [-0.25, -0.2) is 4.39 Å². The summed E-state index contributed by atoms with van der Waals surface area (Å²) in [5, 5.41) is 8.80. The molecular weight excluding hydrogens is 355 g/mol. The van der Waals surface area contributed by atoms with Crippen molar-refractivity contribution in [1.82, 2.24) is 0 Å². The minimum Gasteiger partial charge on any atom is -0.480 e. The number of hydrogen-bond acceptors (Lipinski definition) is 2. The molecule has 2 aromatic carbocycles. The summed E-state index contributed by atoms with van der Waals surface area (Å²) >= 11 is 4.48. The number of halogens is 2. The normalized spacial score (nSPS) is 12.1. The van der Waals surface area contributed by atoms with Crippen LogP contribution < -0.4 is 0 Å². The molecule has 21 heavy (non-hydrogen) atoms. The third-order valence-electron chi connectivity index (χ3n) is 2.97. The second-order valence-corrected chi connectivity index (χ2v) is 6.62. The standard InChI is InChI=1S/C16H14BrFO2S/c17-13-8-12(6-7-14(13)18)10-21-15(16(19)20)9-11-4-2-1-3-5-11/h1-8,15H,9-10H2,(H,19,20). The van der Waals surface area contributed by atoms with E-state index >= 15 is 0 Å². The van der Waals surface area contributed by atoms with E-state index in [0.29, 0.717) is 16.6 Å². The van der Waals surface area contributed by atoms with Crippen LogP contribution in [-0.2, 0) is 17.0 Å². The molecule has 2 nitrogen and oxygen atoms in total. The molecule has 0 amide bonds. The third kappa shape index (κ3) is 4.86. The van der Waals surface area contributed by atoms with Crippen molar-refractivity contribution in [1.29, 1.82) is 0 Å². The van der Waals surface area contributed by atoms with Gasteiger partial charge in [-0.2, -0.15) is 0 Å². The molecule has 110 valence electrons. The Bertz CT molecular complexity index is 619. The van der Waals surface area contributed by atoms with Gasteiger partial charge in [0.25, 0.3) is 0 Å². The van der Waals surface area contributed by atoms with Crippen molar-refractivity contribution in [3.63, 3.8) is 0 Å². The Balaban J connectivity index is 2.00. The highest BCUT2D eigenvalue weighted by Crippen LogP contribution is 2.24. The zero-order valence-corrected chi connectivity index (χ0v) is 13.5. The quantitative estimate of drug-likeness (QED) is 0.814. The Morgan fingerprint density at radius 3 is 2.52 bits per heavy atom. The van der Waals surface area contributed by atoms with Gasteiger partial charge in [0.05, 0.1) is 4.47 Å². The van der Waals surface area contributed by atoms with Gasteiger partial charge < -0.3 is 5.11 Å². The molecule has 0 bridgehead atoms. The van der Waals surface area contributed by atoms with Gasteiger partial charge in [0.1, 0.15) is 11.1 Å². The number of carboxylic acids is 1. The molecule has 1 atom stereocenters. The maximum absolute atomic E-state index is 13.2. The van der Waals surface area contributed by atoms with Gasteiger partial charge in [0.2, 0.25) is 0 Å². The van der Waals surface area contributed by atoms with Gasteiger partial charge in [-0.05, 0) is 45.6 Å². The fourth-order valence-electron chi connectivity index (χ4n) is 1.87. The largest absolute Gasteiger partial charge is 0.480 e. The predicted molar refractivity (Wildman–Crippen MR) is 87.0 cm³/mol. The molecule has 0 fully saturated rings. The number of thioether (sulfide) groups is 1. The fraction of sp³-hybridized carbons (Fsp3) is 0.188. The van der Waals surface area contributed by atoms with Gasteiger partial charge in [0.15, 0.2) is 0 Å². The topological polar surface area (TPSA) is 37.3 Å². The van der Waals surface area contributed by atoms with Crippen molar-refractivity contribution in [2.75, 3.05) is 0 Å². The van der Waals surface area contributed by atoms with Gasteiger partial charge in [-0.15, -0.1) is 11.8 Å². The van der Waals surface area contributed by atoms with E-state index in [1.807, 2.05) is 30.3 Å². The van der Waals surface area contributed by atoms with Crippen LogP contribution in [0.15, 0.2) is 53.0 Å². The molecule has 0 aliphatic heterocycles. The Kier molecular flexibility index (Phi) is 5.82. The first-order valence-electron chi connectivity index (χ1n) is 6.38. The smallest absolute Gasteiger partial charge is 0.316 e. The van der Waals surface area contributed by atoms with E-state index in [-0.39, 0.29) is 5.82 Å². The average Bonchev–Trinajstić information content (AvgIpc) is 2.47. The first kappa shape index (κ1) is 16.0. The first-order chi connectivity index (χ1) is 10.1. The molecule has 0 spiro atoms. The van der Waals surface area contributed by atoms with Crippen LogP contribution in [0.25, 0.3) is 0 Å². The minimum absolute atomic E-state index is 0.317. The average molecular weight is 369 g/mol. The Hall–Kier alpha value is -1.33. The Labute approximate surface area is 135 Å². The van der Waals surface area contributed by atoms with Crippen LogP contribution in [0.2, 0.25) is 0 Å². The summed E-state index contributed by atoms with van der Waals surface area (Å²) in [6, 6.07) is 14.3. The summed E-state index contributed by atoms with van der Waals surface area (Å²) in [6.07, 6.45) is 0.475. The zero-order chi connectivity index (χ0) is 15.2. The Morgan fingerprint density at radius 2 is 1.90 bits per heavy atom. The predicted octanol–water partition coefficient (Wildman–Crippen LogP) is 4.52. The van der Waals surface area contributed by atoms with E-state index in [1.54, 1.807) is 12.1 Å². The molecule has 1 N–H and O–H groups in total. The van der Waals surface area contributed by atoms with Gasteiger partial charge in [-0.3, -0.25) is 4.79 Å². The van der Waals surface area contributed by atoms with Gasteiger partial charge in [-0.1, -0.05) is 36.4 Å². The zero-order valence-electron chi connectivity index (χ0n) is 11.1. The van der Waals surface area contributed by atoms with Crippen LogP contribution in [0.5, 0.6) is 0 Å². The molecule has 5 heteroatoms. The molecule has 0 aliphatic carbocycles. The maximum Gasteiger partial charge on any atom is 0.316 e. The number of hydrogen-bond donors (Lipinski definition) is 1. The van der Waals surface area contributed by atoms with Crippen LogP contribution in [0.1, 0.15) is 11.1 Å². The van der Waals surface area contributed by atoms with E-state index in [1.165, 1.54) is 17.8 Å². The highest BCUT2D eigenvalue weighted by Gasteiger charge is 2.18. The lowest BCUT2D eigenvalue weighted by atomic mass is 10.1. The van der Waals surface area contributed by atoms with Crippen LogP contribution in [0.3, 0.4) is 0 Å². The summed E-state index contributed by atoms with van der Waals surface area (Å²) in [7, 11) is 0. The molecule has 1 unspecified atom stereocenters. The van der Waals surface area contributed by atoms with E-state index in [9.17, 15) is 14.3 Å². The number of carboxylic acid groups (broad SMARTS) is 1. The second kappa shape index (κ2) is 7.61. The maximum atomic E-state index is 13.2. The lowest BCUT2D eigenvalue weighted by Crippen LogP contribution is -2.19. The number of rotatable bonds is 6. The fourth-order valence-corrected chi connectivity index (χ4v) is 3.32. The van der Waals surface area contributed by atoms with Gasteiger partial charge in [0, 0.05) is 5.75 Å². The van der Waals surface area contributed by atoms with E-state index < -0.39 is 11.2 Å². The van der Waals surface area contributed by atoms with Crippen LogP contribution in [0.4, 0.5) is 4.39 Å². The second-order valence-electron chi connectivity index (χ2n) is 4.58. The summed E-state index contributed by atoms with van der Waals surface area (Å²) in [5.41, 5.74) is 1.89. The summed E-state index contributed by atoms with van der Waals surface area (Å²) in [5.74, 6) is -0.615. The third-order valence-corrected chi connectivity index (χ3v) is 4.85. The number of aliphatic carboxylic acids is 1. The molecular formula is C16H14BrFO2S. The lowest BCUT2D eigenvalue weighted by molar-refractivity contribution is -0.136. The monoisotopic (exact) mass is 368 g/mol. The van der Waals surface area contributed by atoms with Crippen LogP contribution in [-0.4, -0.2) is 16.3 Å². The summed E-state index contributed by atoms with van der Waals surface area (Å²) in [4.78, 5) is 11.4. The van der Waals surface area contributed by atoms with E-state index in [0.717, 1.165) is 11.1 Å². The molecule has 0 saturated heterocycles. The van der Waals surface area contributed by atoms with Crippen LogP contribution in [0, 0.1) is 5.82 Å². The lowest BCUT2D eigenvalue weighted by Gasteiger charge is -2.12. The Morgan fingerprint density at radius 1 is 1.19 bits per heavy atom. The van der Waals surface area contributed by atoms with Crippen molar-refractivity contribution >= 4 is 33.7 Å². The summed E-state index contributed by atoms with van der Waals surface area (Å²) in [6.45, 7) is 0. The number of carbonyl (C=O) groups is 1. The molecule has 0 aromatic heterocycles. The van der Waals surface area contributed by atoms with Crippen molar-refractivity contribution in [3.05, 3.63) is 69.9 Å². The minimum atomic E-state index is -0.829. The van der Waals surface area contributed by atoms with Crippen molar-refractivity contribution in [2.24, 2.45) is 0 Å². The van der Waals surface area contributed by atoms with Crippen molar-refractivity contribution in [2.45, 2.75) is 17.4 Å². The van der Waals surface area contributed by atoms with Gasteiger partial charge >= 0.3 is 5.97 Å². The summed E-state index contributed by atoms with van der Waals surface area (Å²) < 4.78 is 13.6. The van der Waals surface area contributed by atoms with Crippen molar-refractivity contribution < 1.29 is 14.3 Å². The van der Waals surface area contributed by atoms with Crippen molar-refractivity contribution in [3.8, 4) is 0 Å². The van der Waals surface area contributed by atoms with E-state index in [2.05, 4.69) is 15.9 Å². The highest BCUT2D eigenvalue weighted by atomic mass is 79.9. The number of benzene rings is 2. The highest BCUT2D eigenvalue weighted by molar-refractivity contribution is 9.10. The SMILES string of the molecule is O=C(O)C(Cc1ccccc1)SCc1ccc(F)c(Br)c1. The first-order valence-corrected chi connectivity index (χ1v) is 8.22. The molecule has 0 saturated carbocycles.